The van der Waals surface area contributed by atoms with Crippen LogP contribution in [0.5, 0.6) is 0 Å². The van der Waals surface area contributed by atoms with Gasteiger partial charge in [-0.25, -0.2) is 0 Å². The molecule has 5 rings (SSSR count). The highest BCUT2D eigenvalue weighted by Crippen LogP contribution is 2.53. The zero-order valence-corrected chi connectivity index (χ0v) is 13.5. The number of carbonyl (C=O) groups is 2. The summed E-state index contributed by atoms with van der Waals surface area (Å²) in [5.74, 6) is 0.232. The number of carbonyl (C=O) groups excluding carboxylic acids is 2. The van der Waals surface area contributed by atoms with Crippen molar-refractivity contribution < 1.29 is 18.8 Å². The Morgan fingerprint density at radius 3 is 2.88 bits per heavy atom. The predicted molar refractivity (Wildman–Crippen MR) is 83.1 cm³/mol. The lowest BCUT2D eigenvalue weighted by molar-refractivity contribution is -0.139. The van der Waals surface area contributed by atoms with Gasteiger partial charge >= 0.3 is 0 Å². The number of rotatable bonds is 2. The summed E-state index contributed by atoms with van der Waals surface area (Å²) in [5.41, 5.74) is -0.700. The van der Waals surface area contributed by atoms with E-state index in [1.54, 1.807) is 17.9 Å². The summed E-state index contributed by atoms with van der Waals surface area (Å²) in [4.78, 5) is 29.5. The Morgan fingerprint density at radius 1 is 1.38 bits per heavy atom. The van der Waals surface area contributed by atoms with Gasteiger partial charge in [-0.2, -0.15) is 0 Å². The fraction of sp³-hybridized carbons (Fsp3) is 0.588. The van der Waals surface area contributed by atoms with Crippen LogP contribution >= 0.6 is 0 Å². The Hall–Kier alpha value is -2.15. The molecule has 0 aliphatic carbocycles. The molecule has 0 N–H and O–H groups in total. The molecule has 4 aliphatic rings. The maximum Gasteiger partial charge on any atom is 0.235 e. The van der Waals surface area contributed by atoms with Crippen molar-refractivity contribution in [2.75, 3.05) is 24.5 Å². The molecule has 0 unspecified atom stereocenters. The van der Waals surface area contributed by atoms with E-state index in [9.17, 15) is 9.59 Å². The van der Waals surface area contributed by atoms with E-state index in [-0.39, 0.29) is 17.9 Å². The number of likely N-dealkylation sites (tertiary alicyclic amines) is 1. The number of amides is 2. The van der Waals surface area contributed by atoms with Crippen LogP contribution in [0.25, 0.3) is 0 Å². The lowest BCUT2D eigenvalue weighted by Gasteiger charge is -2.27. The monoisotopic (exact) mass is 329 g/mol. The van der Waals surface area contributed by atoms with Gasteiger partial charge in [0.15, 0.2) is 5.82 Å². The molecule has 1 spiro atoms. The predicted octanol–water partition coefficient (Wildman–Crippen LogP) is 0.892. The van der Waals surface area contributed by atoms with Crippen molar-refractivity contribution in [2.45, 2.75) is 31.5 Å². The molecule has 2 amide bonds. The largest absolute Gasteiger partial charge is 0.360 e. The summed E-state index contributed by atoms with van der Waals surface area (Å²) in [5, 5.41) is 3.96. The number of aryl methyl sites for hydroxylation is 1. The molecule has 5 heterocycles. The van der Waals surface area contributed by atoms with Gasteiger partial charge in [-0.1, -0.05) is 17.3 Å². The van der Waals surface area contributed by atoms with Crippen LogP contribution in [0.4, 0.5) is 5.82 Å². The molecular formula is C17H19N3O4. The Balaban J connectivity index is 1.49. The molecule has 7 heteroatoms. The molecule has 24 heavy (non-hydrogen) atoms. The van der Waals surface area contributed by atoms with E-state index in [1.165, 1.54) is 0 Å². The number of aromatic nitrogens is 1. The van der Waals surface area contributed by atoms with Crippen molar-refractivity contribution in [2.24, 2.45) is 11.8 Å². The minimum atomic E-state index is -0.700. The van der Waals surface area contributed by atoms with Gasteiger partial charge in [0, 0.05) is 19.2 Å². The maximum absolute atomic E-state index is 13.1. The highest BCUT2D eigenvalue weighted by Gasteiger charge is 2.67. The van der Waals surface area contributed by atoms with Gasteiger partial charge in [-0.15, -0.1) is 0 Å². The van der Waals surface area contributed by atoms with Crippen LogP contribution in [0.15, 0.2) is 22.7 Å². The molecule has 0 radical (unpaired) electrons. The summed E-state index contributed by atoms with van der Waals surface area (Å²) >= 11 is 0. The third kappa shape index (κ3) is 1.73. The number of fused-ring (bicyclic) bond motifs is 1. The summed E-state index contributed by atoms with van der Waals surface area (Å²) in [6.45, 7) is 3.74. The molecule has 1 aromatic rings. The average Bonchev–Trinajstić information content (AvgIpc) is 3.34. The van der Waals surface area contributed by atoms with Crippen molar-refractivity contribution >= 4 is 17.6 Å². The Labute approximate surface area is 139 Å². The number of hydrogen-bond donors (Lipinski definition) is 0. The van der Waals surface area contributed by atoms with E-state index in [0.717, 1.165) is 25.9 Å². The summed E-state index contributed by atoms with van der Waals surface area (Å²) in [7, 11) is 0. The molecule has 3 saturated heterocycles. The normalized spacial score (nSPS) is 36.9. The second-order valence-electron chi connectivity index (χ2n) is 7.15. The quantitative estimate of drug-likeness (QED) is 0.753. The minimum Gasteiger partial charge on any atom is -0.360 e. The lowest BCUT2D eigenvalue weighted by Crippen LogP contribution is -2.45. The van der Waals surface area contributed by atoms with E-state index in [0.29, 0.717) is 18.1 Å². The third-order valence-electron chi connectivity index (χ3n) is 5.70. The molecule has 0 saturated carbocycles. The number of anilines is 1. The Morgan fingerprint density at radius 2 is 2.17 bits per heavy atom. The van der Waals surface area contributed by atoms with Crippen LogP contribution < -0.4 is 4.90 Å². The summed E-state index contributed by atoms with van der Waals surface area (Å²) in [6.07, 6.45) is 5.69. The van der Waals surface area contributed by atoms with Crippen molar-refractivity contribution in [3.8, 4) is 0 Å². The smallest absolute Gasteiger partial charge is 0.235 e. The van der Waals surface area contributed by atoms with Crippen LogP contribution in [0.1, 0.15) is 18.6 Å². The highest BCUT2D eigenvalue weighted by atomic mass is 16.5. The second-order valence-corrected chi connectivity index (χ2v) is 7.15. The van der Waals surface area contributed by atoms with E-state index >= 15 is 0 Å². The molecule has 4 atom stereocenters. The molecule has 3 fully saturated rings. The summed E-state index contributed by atoms with van der Waals surface area (Å²) in [6, 6.07) is 1.74. The number of nitrogens with zero attached hydrogens (tertiary/aromatic N) is 3. The standard InChI is InChI=1S/C17H19N3O4/c1-10-8-12(18-24-10)20-9-17-5-4-11(23-17)13(14(17)16(20)22)15(21)19-6-2-3-7-19/h4-5,8,11,13-14H,2-3,6-7,9H2,1H3/t11-,13-,14+,17-/m1/s1. The maximum atomic E-state index is 13.1. The number of ether oxygens (including phenoxy) is 1. The topological polar surface area (TPSA) is 75.9 Å². The van der Waals surface area contributed by atoms with Crippen molar-refractivity contribution in [1.29, 1.82) is 0 Å². The first-order valence-corrected chi connectivity index (χ1v) is 8.50. The molecular weight excluding hydrogens is 310 g/mol. The van der Waals surface area contributed by atoms with Crippen molar-refractivity contribution in [3.05, 3.63) is 24.0 Å². The van der Waals surface area contributed by atoms with E-state index < -0.39 is 17.4 Å². The molecule has 7 nitrogen and oxygen atoms in total. The van der Waals surface area contributed by atoms with Gasteiger partial charge in [0.25, 0.3) is 0 Å². The average molecular weight is 329 g/mol. The minimum absolute atomic E-state index is 0.0558. The van der Waals surface area contributed by atoms with Gasteiger partial charge in [0.05, 0.1) is 24.5 Å². The van der Waals surface area contributed by atoms with E-state index in [4.69, 9.17) is 9.26 Å². The van der Waals surface area contributed by atoms with Gasteiger partial charge in [-0.3, -0.25) is 14.5 Å². The van der Waals surface area contributed by atoms with Crippen LogP contribution in [0.2, 0.25) is 0 Å². The van der Waals surface area contributed by atoms with Gasteiger partial charge in [-0.05, 0) is 19.8 Å². The fourth-order valence-corrected chi connectivity index (χ4v) is 4.60. The zero-order chi connectivity index (χ0) is 16.5. The number of hydrogen-bond acceptors (Lipinski definition) is 5. The summed E-state index contributed by atoms with van der Waals surface area (Å²) < 4.78 is 11.2. The van der Waals surface area contributed by atoms with Crippen LogP contribution in [-0.4, -0.2) is 53.2 Å². The SMILES string of the molecule is Cc1cc(N2C[C@@]34C=C[C@@H](O3)[C@@H](C(=O)N3CCCC3)[C@H]4C2=O)no1. The molecule has 0 aromatic carbocycles. The molecule has 126 valence electrons. The van der Waals surface area contributed by atoms with Gasteiger partial charge in [0.1, 0.15) is 11.4 Å². The first-order chi connectivity index (χ1) is 11.6. The van der Waals surface area contributed by atoms with Crippen molar-refractivity contribution in [3.63, 3.8) is 0 Å². The lowest BCUT2D eigenvalue weighted by atomic mass is 9.76. The van der Waals surface area contributed by atoms with Crippen LogP contribution in [0.3, 0.4) is 0 Å². The van der Waals surface area contributed by atoms with E-state index in [2.05, 4.69) is 5.16 Å². The van der Waals surface area contributed by atoms with Crippen molar-refractivity contribution in [1.82, 2.24) is 10.1 Å². The van der Waals surface area contributed by atoms with E-state index in [1.807, 2.05) is 17.1 Å². The Kier molecular flexibility index (Phi) is 2.78. The van der Waals surface area contributed by atoms with Crippen LogP contribution in [-0.2, 0) is 14.3 Å². The van der Waals surface area contributed by atoms with Gasteiger partial charge < -0.3 is 14.2 Å². The zero-order valence-electron chi connectivity index (χ0n) is 13.5. The molecule has 2 bridgehead atoms. The Bertz CT molecular complexity index is 751. The van der Waals surface area contributed by atoms with Crippen LogP contribution in [0, 0.1) is 18.8 Å². The first kappa shape index (κ1) is 14.2. The molecule has 1 aromatic heterocycles. The second kappa shape index (κ2) is 4.69. The van der Waals surface area contributed by atoms with Gasteiger partial charge in [0.2, 0.25) is 11.8 Å². The molecule has 4 aliphatic heterocycles. The fourth-order valence-electron chi connectivity index (χ4n) is 4.60. The highest BCUT2D eigenvalue weighted by molar-refractivity contribution is 6.02. The third-order valence-corrected chi connectivity index (χ3v) is 5.70. The first-order valence-electron chi connectivity index (χ1n) is 8.50.